The summed E-state index contributed by atoms with van der Waals surface area (Å²) in [5.41, 5.74) is 12.0. The van der Waals surface area contributed by atoms with Crippen LogP contribution in [0.3, 0.4) is 0 Å². The first kappa shape index (κ1) is 20.6. The SMILES string of the molecule is NC(=O)N(C1CCCCC1)C1CCCCC1.Nc1ncnc2ccc(Cl)cc12. The molecule has 0 bridgehead atoms. The van der Waals surface area contributed by atoms with E-state index in [1.807, 2.05) is 11.0 Å². The molecule has 0 radical (unpaired) electrons. The summed E-state index contributed by atoms with van der Waals surface area (Å²) in [6, 6.07) is 6.04. The Morgan fingerprint density at radius 1 is 0.964 bits per heavy atom. The summed E-state index contributed by atoms with van der Waals surface area (Å²) in [4.78, 5) is 21.6. The second kappa shape index (κ2) is 9.92. The van der Waals surface area contributed by atoms with Crippen LogP contribution in [0.15, 0.2) is 24.5 Å². The van der Waals surface area contributed by atoms with Crippen molar-refractivity contribution in [1.29, 1.82) is 0 Å². The maximum Gasteiger partial charge on any atom is 0.315 e. The van der Waals surface area contributed by atoms with Crippen molar-refractivity contribution < 1.29 is 4.79 Å². The Morgan fingerprint density at radius 2 is 1.54 bits per heavy atom. The number of fused-ring (bicyclic) bond motifs is 1. The molecule has 152 valence electrons. The number of amides is 2. The Hall–Kier alpha value is -2.08. The van der Waals surface area contributed by atoms with E-state index in [0.29, 0.717) is 22.9 Å². The van der Waals surface area contributed by atoms with Gasteiger partial charge in [0.2, 0.25) is 0 Å². The minimum Gasteiger partial charge on any atom is -0.383 e. The summed E-state index contributed by atoms with van der Waals surface area (Å²) in [6.45, 7) is 0. The molecule has 2 aliphatic carbocycles. The van der Waals surface area contributed by atoms with E-state index >= 15 is 0 Å². The summed E-state index contributed by atoms with van der Waals surface area (Å²) in [5, 5.41) is 1.44. The van der Waals surface area contributed by atoms with Crippen molar-refractivity contribution in [3.05, 3.63) is 29.5 Å². The Kier molecular flexibility index (Phi) is 7.31. The number of nitrogens with zero attached hydrogens (tertiary/aromatic N) is 3. The smallest absolute Gasteiger partial charge is 0.315 e. The van der Waals surface area contributed by atoms with Crippen LogP contribution >= 0.6 is 11.6 Å². The highest BCUT2D eigenvalue weighted by molar-refractivity contribution is 6.31. The molecule has 2 saturated carbocycles. The highest BCUT2D eigenvalue weighted by atomic mass is 35.5. The van der Waals surface area contributed by atoms with Gasteiger partial charge in [0, 0.05) is 22.5 Å². The lowest BCUT2D eigenvalue weighted by atomic mass is 9.89. The van der Waals surface area contributed by atoms with Crippen LogP contribution in [0.4, 0.5) is 10.6 Å². The van der Waals surface area contributed by atoms with E-state index in [1.54, 1.807) is 12.1 Å². The number of rotatable bonds is 2. The molecule has 6 nitrogen and oxygen atoms in total. The first-order valence-corrected chi connectivity index (χ1v) is 10.7. The quantitative estimate of drug-likeness (QED) is 0.744. The van der Waals surface area contributed by atoms with E-state index < -0.39 is 0 Å². The predicted molar refractivity (Wildman–Crippen MR) is 114 cm³/mol. The molecule has 0 saturated heterocycles. The molecule has 2 amide bonds. The molecule has 1 aromatic carbocycles. The topological polar surface area (TPSA) is 98.1 Å². The molecule has 28 heavy (non-hydrogen) atoms. The lowest BCUT2D eigenvalue weighted by molar-refractivity contribution is 0.111. The second-order valence-electron chi connectivity index (χ2n) is 7.75. The molecule has 0 spiro atoms. The van der Waals surface area contributed by atoms with Crippen LogP contribution in [0.1, 0.15) is 64.2 Å². The molecule has 2 aromatic rings. The molecule has 1 heterocycles. The van der Waals surface area contributed by atoms with Crippen molar-refractivity contribution in [3.8, 4) is 0 Å². The highest BCUT2D eigenvalue weighted by Gasteiger charge is 2.30. The van der Waals surface area contributed by atoms with Crippen LogP contribution < -0.4 is 11.5 Å². The number of primary amides is 1. The molecular weight excluding hydrogens is 374 g/mol. The van der Waals surface area contributed by atoms with Crippen molar-refractivity contribution in [1.82, 2.24) is 14.9 Å². The first-order chi connectivity index (χ1) is 13.6. The average Bonchev–Trinajstić information content (AvgIpc) is 2.71. The van der Waals surface area contributed by atoms with Crippen LogP contribution in [0.5, 0.6) is 0 Å². The van der Waals surface area contributed by atoms with E-state index in [0.717, 1.165) is 10.9 Å². The van der Waals surface area contributed by atoms with E-state index in [9.17, 15) is 4.79 Å². The van der Waals surface area contributed by atoms with Gasteiger partial charge in [0.25, 0.3) is 0 Å². The van der Waals surface area contributed by atoms with Crippen LogP contribution in [0.25, 0.3) is 10.9 Å². The lowest BCUT2D eigenvalue weighted by Crippen LogP contribution is -2.51. The van der Waals surface area contributed by atoms with Crippen molar-refractivity contribution >= 4 is 34.4 Å². The van der Waals surface area contributed by atoms with Gasteiger partial charge in [0.1, 0.15) is 12.1 Å². The van der Waals surface area contributed by atoms with Crippen LogP contribution in [0, 0.1) is 0 Å². The number of carbonyl (C=O) groups is 1. The van der Waals surface area contributed by atoms with Crippen LogP contribution in [-0.2, 0) is 0 Å². The zero-order valence-electron chi connectivity index (χ0n) is 16.3. The number of nitrogens with two attached hydrogens (primary N) is 2. The molecule has 2 aliphatic rings. The monoisotopic (exact) mass is 403 g/mol. The van der Waals surface area contributed by atoms with E-state index in [4.69, 9.17) is 23.1 Å². The highest BCUT2D eigenvalue weighted by Crippen LogP contribution is 2.29. The van der Waals surface area contributed by atoms with Gasteiger partial charge < -0.3 is 16.4 Å². The van der Waals surface area contributed by atoms with Gasteiger partial charge in [-0.3, -0.25) is 0 Å². The summed E-state index contributed by atoms with van der Waals surface area (Å²) < 4.78 is 0. The van der Waals surface area contributed by atoms with Crippen molar-refractivity contribution in [2.24, 2.45) is 5.73 Å². The number of benzene rings is 1. The third-order valence-corrected chi connectivity index (χ3v) is 6.05. The Labute approximate surface area is 171 Å². The Bertz CT molecular complexity index is 769. The number of carbonyl (C=O) groups excluding carboxylic acids is 1. The molecule has 1 aromatic heterocycles. The molecule has 7 heteroatoms. The molecule has 0 atom stereocenters. The third-order valence-electron chi connectivity index (χ3n) is 5.82. The summed E-state index contributed by atoms with van der Waals surface area (Å²) in [6.07, 6.45) is 13.8. The predicted octanol–water partition coefficient (Wildman–Crippen LogP) is 4.90. The fourth-order valence-electron chi connectivity index (χ4n) is 4.43. The molecule has 4 rings (SSSR count). The number of nitrogen functional groups attached to an aromatic ring is 1. The molecule has 2 fully saturated rings. The van der Waals surface area contributed by atoms with Crippen LogP contribution in [-0.4, -0.2) is 33.0 Å². The van der Waals surface area contributed by atoms with Gasteiger partial charge in [0.05, 0.1) is 5.52 Å². The fraction of sp³-hybridized carbons (Fsp3) is 0.571. The molecular formula is C21H30ClN5O. The van der Waals surface area contributed by atoms with Gasteiger partial charge in [0.15, 0.2) is 0 Å². The number of halogens is 1. The van der Waals surface area contributed by atoms with Crippen LogP contribution in [0.2, 0.25) is 5.02 Å². The standard InChI is InChI=1S/C13H24N2O.C8H6ClN3/c14-13(16)15(11-7-3-1-4-8-11)12-9-5-2-6-10-12;9-5-1-2-7-6(3-5)8(10)12-4-11-7/h11-12H,1-10H2,(H2,14,16);1-4H,(H2,10,11,12). The van der Waals surface area contributed by atoms with Crippen molar-refractivity contribution in [3.63, 3.8) is 0 Å². The zero-order valence-corrected chi connectivity index (χ0v) is 17.1. The fourth-order valence-corrected chi connectivity index (χ4v) is 4.60. The number of anilines is 1. The normalized spacial score (nSPS) is 18.3. The zero-order chi connectivity index (χ0) is 19.9. The van der Waals surface area contributed by atoms with Crippen molar-refractivity contribution in [2.75, 3.05) is 5.73 Å². The van der Waals surface area contributed by atoms with Gasteiger partial charge in [-0.05, 0) is 43.9 Å². The Balaban J connectivity index is 0.000000167. The largest absolute Gasteiger partial charge is 0.383 e. The number of urea groups is 1. The summed E-state index contributed by atoms with van der Waals surface area (Å²) in [7, 11) is 0. The van der Waals surface area contributed by atoms with E-state index in [1.165, 1.54) is 70.5 Å². The van der Waals surface area contributed by atoms with Gasteiger partial charge in [-0.1, -0.05) is 50.1 Å². The Morgan fingerprint density at radius 3 is 2.07 bits per heavy atom. The number of aromatic nitrogens is 2. The lowest BCUT2D eigenvalue weighted by Gasteiger charge is -2.40. The van der Waals surface area contributed by atoms with Gasteiger partial charge in [-0.25, -0.2) is 14.8 Å². The van der Waals surface area contributed by atoms with Gasteiger partial charge >= 0.3 is 6.03 Å². The minimum atomic E-state index is -0.182. The molecule has 4 N–H and O–H groups in total. The first-order valence-electron chi connectivity index (χ1n) is 10.3. The number of hydrogen-bond acceptors (Lipinski definition) is 4. The molecule has 0 aliphatic heterocycles. The summed E-state index contributed by atoms with van der Waals surface area (Å²) >= 11 is 5.78. The molecule has 0 unspecified atom stereocenters. The van der Waals surface area contributed by atoms with Crippen molar-refractivity contribution in [2.45, 2.75) is 76.3 Å². The average molecular weight is 404 g/mol. The van der Waals surface area contributed by atoms with E-state index in [2.05, 4.69) is 9.97 Å². The minimum absolute atomic E-state index is 0.182. The van der Waals surface area contributed by atoms with Gasteiger partial charge in [-0.15, -0.1) is 0 Å². The summed E-state index contributed by atoms with van der Waals surface area (Å²) in [5.74, 6) is 0.461. The number of hydrogen-bond donors (Lipinski definition) is 2. The van der Waals surface area contributed by atoms with Gasteiger partial charge in [-0.2, -0.15) is 0 Å². The maximum absolute atomic E-state index is 11.6. The third kappa shape index (κ3) is 5.25. The maximum atomic E-state index is 11.6. The van der Waals surface area contributed by atoms with E-state index in [-0.39, 0.29) is 6.03 Å². The second-order valence-corrected chi connectivity index (χ2v) is 8.19.